The predicted octanol–water partition coefficient (Wildman–Crippen LogP) is 15.5. The molecule has 1 heterocycles. The smallest absolute Gasteiger partial charge is 0.305 e. The molecular weight excluding hydrogens is 955 g/mol. The number of aliphatic hydroxyl groups excluding tert-OH is 5. The highest BCUT2D eigenvalue weighted by Gasteiger charge is 2.44. The monoisotopic (exact) mass is 1080 g/mol. The Balaban J connectivity index is 1.97. The normalized spacial score (nSPS) is 18.9. The lowest BCUT2D eigenvalue weighted by Crippen LogP contribution is -2.60. The summed E-state index contributed by atoms with van der Waals surface area (Å²) in [7, 11) is 0. The van der Waals surface area contributed by atoms with Gasteiger partial charge >= 0.3 is 5.97 Å². The molecule has 446 valence electrons. The van der Waals surface area contributed by atoms with Gasteiger partial charge in [-0.05, 0) is 83.5 Å². The molecule has 1 fully saturated rings. The molecule has 1 rings (SSSR count). The Morgan fingerprint density at radius 2 is 0.842 bits per heavy atom. The number of rotatable bonds is 56. The topological polar surface area (TPSA) is 175 Å². The molecule has 0 radical (unpaired) electrons. The van der Waals surface area contributed by atoms with Gasteiger partial charge in [-0.25, -0.2) is 0 Å². The van der Waals surface area contributed by atoms with E-state index in [0.717, 1.165) is 57.8 Å². The summed E-state index contributed by atoms with van der Waals surface area (Å²) in [6.07, 6.45) is 58.4. The Labute approximate surface area is 466 Å². The van der Waals surface area contributed by atoms with E-state index < -0.39 is 49.5 Å². The zero-order valence-corrected chi connectivity index (χ0v) is 49.2. The van der Waals surface area contributed by atoms with Gasteiger partial charge in [0.05, 0.1) is 32.0 Å². The van der Waals surface area contributed by atoms with Gasteiger partial charge in [0.25, 0.3) is 0 Å². The fourth-order valence-electron chi connectivity index (χ4n) is 10.1. The number of allylic oxidation sites excluding steroid dienone is 5. The molecule has 0 spiro atoms. The van der Waals surface area contributed by atoms with E-state index in [4.69, 9.17) is 14.2 Å². The summed E-state index contributed by atoms with van der Waals surface area (Å²) in [6, 6.07) is -0.811. The summed E-state index contributed by atoms with van der Waals surface area (Å²) in [5, 5.41) is 54.2. The second-order valence-corrected chi connectivity index (χ2v) is 22.5. The van der Waals surface area contributed by atoms with Gasteiger partial charge in [0.2, 0.25) is 5.91 Å². The van der Waals surface area contributed by atoms with E-state index in [0.29, 0.717) is 19.4 Å². The van der Waals surface area contributed by atoms with Crippen LogP contribution in [0.3, 0.4) is 0 Å². The molecule has 11 nitrogen and oxygen atoms in total. The fourth-order valence-corrected chi connectivity index (χ4v) is 10.1. The first-order chi connectivity index (χ1) is 37.2. The molecule has 6 N–H and O–H groups in total. The van der Waals surface area contributed by atoms with Crippen molar-refractivity contribution in [3.8, 4) is 0 Å². The minimum absolute atomic E-state index is 0.00579. The zero-order chi connectivity index (χ0) is 55.2. The standard InChI is InChI=1S/C65H121NO10/c1-3-5-7-9-11-13-14-15-30-33-37-41-45-49-53-61(70)74-54-50-46-42-38-34-31-28-26-24-22-20-18-16-17-19-21-23-25-27-29-32-36-40-44-48-52-60(69)66-57(58(68)51-47-43-39-35-12-10-8-6-4-2)56-75-65-64(73)63(72)62(71)59(55-67)76-65/h14-15,17,19,47,51,57-59,62-65,67-68,71-73H,3-13,16,18,20-46,48-50,52-56H2,1-2H3,(H,66,69)/b15-14-,19-17-,51-47+. The summed E-state index contributed by atoms with van der Waals surface area (Å²) in [6.45, 7) is 4.31. The molecule has 11 heteroatoms. The highest BCUT2D eigenvalue weighted by molar-refractivity contribution is 5.76. The van der Waals surface area contributed by atoms with Crippen molar-refractivity contribution in [1.29, 1.82) is 0 Å². The average Bonchev–Trinajstić information content (AvgIpc) is 3.42. The van der Waals surface area contributed by atoms with Crippen LogP contribution in [0, 0.1) is 0 Å². The van der Waals surface area contributed by atoms with Crippen molar-refractivity contribution in [3.05, 3.63) is 36.5 Å². The molecule has 1 aliphatic heterocycles. The lowest BCUT2D eigenvalue weighted by molar-refractivity contribution is -0.302. The third kappa shape index (κ3) is 43.7. The number of amides is 1. The number of unbranched alkanes of at least 4 members (excludes halogenated alkanes) is 38. The van der Waals surface area contributed by atoms with Gasteiger partial charge in [0, 0.05) is 12.8 Å². The molecule has 1 saturated heterocycles. The molecule has 0 aliphatic carbocycles. The molecule has 1 amide bonds. The van der Waals surface area contributed by atoms with Gasteiger partial charge in [-0.3, -0.25) is 9.59 Å². The molecule has 0 aromatic heterocycles. The van der Waals surface area contributed by atoms with E-state index in [-0.39, 0.29) is 18.5 Å². The maximum absolute atomic E-state index is 13.0. The van der Waals surface area contributed by atoms with Gasteiger partial charge in [0.15, 0.2) is 6.29 Å². The van der Waals surface area contributed by atoms with Crippen LogP contribution in [0.15, 0.2) is 36.5 Å². The second-order valence-electron chi connectivity index (χ2n) is 22.5. The van der Waals surface area contributed by atoms with E-state index >= 15 is 0 Å². The van der Waals surface area contributed by atoms with Crippen molar-refractivity contribution in [3.63, 3.8) is 0 Å². The van der Waals surface area contributed by atoms with Crippen LogP contribution in [-0.4, -0.2) is 100 Å². The quantitative estimate of drug-likeness (QED) is 0.0195. The predicted molar refractivity (Wildman–Crippen MR) is 315 cm³/mol. The van der Waals surface area contributed by atoms with Crippen LogP contribution in [0.2, 0.25) is 0 Å². The summed E-state index contributed by atoms with van der Waals surface area (Å²) < 4.78 is 16.7. The Bertz CT molecular complexity index is 1360. The van der Waals surface area contributed by atoms with Gasteiger partial charge in [-0.15, -0.1) is 0 Å². The van der Waals surface area contributed by atoms with Gasteiger partial charge < -0.3 is 45.1 Å². The number of carbonyl (C=O) groups is 2. The Kier molecular flexibility index (Phi) is 51.9. The van der Waals surface area contributed by atoms with Crippen molar-refractivity contribution in [1.82, 2.24) is 5.32 Å². The van der Waals surface area contributed by atoms with Crippen LogP contribution in [0.1, 0.15) is 303 Å². The Morgan fingerprint density at radius 1 is 0.474 bits per heavy atom. The highest BCUT2D eigenvalue weighted by atomic mass is 16.7. The van der Waals surface area contributed by atoms with Crippen LogP contribution in [0.5, 0.6) is 0 Å². The van der Waals surface area contributed by atoms with Crippen LogP contribution in [0.4, 0.5) is 0 Å². The van der Waals surface area contributed by atoms with Gasteiger partial charge in [-0.2, -0.15) is 0 Å². The SMILES string of the molecule is CCCCCCC/C=C\CCCCCCCC(=O)OCCCCCCCCCCCCCC/C=C\CCCCCCCCCCCC(=O)NC(COC1OC(CO)C(O)C(O)C1O)C(O)/C=C/CCCCCCCCC. The van der Waals surface area contributed by atoms with Crippen molar-refractivity contribution < 1.29 is 49.3 Å². The lowest BCUT2D eigenvalue weighted by atomic mass is 9.99. The minimum Gasteiger partial charge on any atom is -0.466 e. The summed E-state index contributed by atoms with van der Waals surface area (Å²) >= 11 is 0. The molecule has 0 saturated carbocycles. The zero-order valence-electron chi connectivity index (χ0n) is 49.2. The minimum atomic E-state index is -1.57. The molecule has 0 bridgehead atoms. The van der Waals surface area contributed by atoms with Gasteiger partial charge in [0.1, 0.15) is 24.4 Å². The molecule has 0 aromatic carbocycles. The first kappa shape index (κ1) is 71.9. The van der Waals surface area contributed by atoms with E-state index in [9.17, 15) is 35.1 Å². The maximum atomic E-state index is 13.0. The molecule has 0 aromatic rings. The summed E-state index contributed by atoms with van der Waals surface area (Å²) in [4.78, 5) is 25.1. The van der Waals surface area contributed by atoms with Gasteiger partial charge in [-0.1, -0.05) is 243 Å². The van der Waals surface area contributed by atoms with Crippen molar-refractivity contribution in [2.75, 3.05) is 19.8 Å². The first-order valence-corrected chi connectivity index (χ1v) is 32.3. The number of esters is 1. The third-order valence-electron chi connectivity index (χ3n) is 15.2. The number of nitrogens with one attached hydrogen (secondary N) is 1. The van der Waals surface area contributed by atoms with Crippen LogP contribution >= 0.6 is 0 Å². The van der Waals surface area contributed by atoms with Crippen LogP contribution in [-0.2, 0) is 23.8 Å². The molecule has 1 aliphatic rings. The Hall–Kier alpha value is -2.12. The van der Waals surface area contributed by atoms with E-state index in [1.54, 1.807) is 6.08 Å². The number of ether oxygens (including phenoxy) is 3. The van der Waals surface area contributed by atoms with E-state index in [2.05, 4.69) is 43.5 Å². The van der Waals surface area contributed by atoms with Crippen molar-refractivity contribution >= 4 is 11.9 Å². The average molecular weight is 1080 g/mol. The number of carbonyl (C=O) groups excluding carboxylic acids is 2. The Morgan fingerprint density at radius 3 is 1.26 bits per heavy atom. The van der Waals surface area contributed by atoms with E-state index in [1.165, 1.54) is 218 Å². The number of hydrogen-bond donors (Lipinski definition) is 6. The summed E-state index contributed by atoms with van der Waals surface area (Å²) in [5.41, 5.74) is 0. The summed E-state index contributed by atoms with van der Waals surface area (Å²) in [5.74, 6) is -0.192. The number of aliphatic hydroxyl groups is 5. The highest BCUT2D eigenvalue weighted by Crippen LogP contribution is 2.23. The third-order valence-corrected chi connectivity index (χ3v) is 15.2. The lowest BCUT2D eigenvalue weighted by Gasteiger charge is -2.40. The largest absolute Gasteiger partial charge is 0.466 e. The van der Waals surface area contributed by atoms with Crippen LogP contribution in [0.25, 0.3) is 0 Å². The number of hydrogen-bond acceptors (Lipinski definition) is 10. The second kappa shape index (κ2) is 54.8. The van der Waals surface area contributed by atoms with E-state index in [1.807, 2.05) is 6.08 Å². The molecular formula is C65H121NO10. The first-order valence-electron chi connectivity index (χ1n) is 32.3. The molecule has 7 unspecified atom stereocenters. The molecule has 7 atom stereocenters. The maximum Gasteiger partial charge on any atom is 0.305 e. The van der Waals surface area contributed by atoms with Crippen LogP contribution < -0.4 is 5.32 Å². The van der Waals surface area contributed by atoms with Crippen molar-refractivity contribution in [2.24, 2.45) is 0 Å². The fraction of sp³-hybridized carbons (Fsp3) is 0.877. The molecule has 76 heavy (non-hydrogen) atoms. The van der Waals surface area contributed by atoms with Crippen molar-refractivity contribution in [2.45, 2.75) is 346 Å².